The molecule has 0 heterocycles. The van der Waals surface area contributed by atoms with Gasteiger partial charge >= 0.3 is 0 Å². The van der Waals surface area contributed by atoms with Gasteiger partial charge in [0.05, 0.1) is 12.1 Å². The average molecular weight is 268 g/mol. The van der Waals surface area contributed by atoms with Crippen molar-refractivity contribution in [2.45, 2.75) is 31.3 Å². The molecule has 3 atom stereocenters. The summed E-state index contributed by atoms with van der Waals surface area (Å²) in [7, 11) is 0. The van der Waals surface area contributed by atoms with Gasteiger partial charge in [0, 0.05) is 5.92 Å². The van der Waals surface area contributed by atoms with E-state index in [-0.39, 0.29) is 18.0 Å². The minimum absolute atomic E-state index is 0.104. The van der Waals surface area contributed by atoms with Crippen molar-refractivity contribution in [1.82, 2.24) is 0 Å². The Hall–Kier alpha value is -2.28. The molecule has 2 rings (SSSR count). The molecule has 102 valence electrons. The third-order valence-electron chi connectivity index (χ3n) is 3.63. The minimum atomic E-state index is -0.303. The molecule has 1 fully saturated rings. The van der Waals surface area contributed by atoms with Gasteiger partial charge in [-0.2, -0.15) is 4.99 Å². The van der Waals surface area contributed by atoms with Crippen molar-refractivity contribution < 1.29 is 9.59 Å². The van der Waals surface area contributed by atoms with Gasteiger partial charge in [0.25, 0.3) is 0 Å². The van der Waals surface area contributed by atoms with Crippen LogP contribution in [0.3, 0.4) is 0 Å². The molecule has 0 spiro atoms. The highest BCUT2D eigenvalue weighted by atomic mass is 16.1. The molecule has 0 radical (unpaired) electrons. The molecular formula is C16H16N2O2. The number of benzene rings is 1. The fraction of sp³-hybridized carbons (Fsp3) is 0.375. The zero-order valence-electron chi connectivity index (χ0n) is 11.1. The predicted octanol–water partition coefficient (Wildman–Crippen LogP) is 2.91. The van der Waals surface area contributed by atoms with Crippen LogP contribution in [0.1, 0.15) is 24.8 Å². The Kier molecular flexibility index (Phi) is 5.19. The van der Waals surface area contributed by atoms with Gasteiger partial charge in [-0.05, 0) is 18.4 Å². The van der Waals surface area contributed by atoms with Crippen LogP contribution in [-0.4, -0.2) is 24.2 Å². The first-order valence-electron chi connectivity index (χ1n) is 6.72. The van der Waals surface area contributed by atoms with E-state index in [1.807, 2.05) is 42.5 Å². The lowest BCUT2D eigenvalue weighted by atomic mass is 9.81. The molecule has 1 saturated carbocycles. The number of hydrogen-bond donors (Lipinski definition) is 0. The fourth-order valence-corrected chi connectivity index (χ4v) is 2.65. The van der Waals surface area contributed by atoms with Crippen molar-refractivity contribution in [1.29, 1.82) is 0 Å². The first-order valence-corrected chi connectivity index (χ1v) is 6.72. The second-order valence-corrected chi connectivity index (χ2v) is 4.86. The summed E-state index contributed by atoms with van der Waals surface area (Å²) in [6, 6.07) is 9.38. The number of nitrogens with zero attached hydrogens (tertiary/aromatic N) is 2. The lowest BCUT2D eigenvalue weighted by Gasteiger charge is -2.29. The molecule has 0 bridgehead atoms. The molecular weight excluding hydrogens is 252 g/mol. The third kappa shape index (κ3) is 3.61. The Morgan fingerprint density at radius 2 is 1.80 bits per heavy atom. The lowest BCUT2D eigenvalue weighted by Crippen LogP contribution is -2.34. The highest BCUT2D eigenvalue weighted by Crippen LogP contribution is 2.30. The molecule has 1 aromatic rings. The van der Waals surface area contributed by atoms with Gasteiger partial charge in [0.1, 0.15) is 0 Å². The van der Waals surface area contributed by atoms with E-state index in [1.165, 1.54) is 0 Å². The fourth-order valence-electron chi connectivity index (χ4n) is 2.65. The molecule has 1 aliphatic rings. The van der Waals surface area contributed by atoms with E-state index in [9.17, 15) is 9.59 Å². The Morgan fingerprint density at radius 3 is 2.50 bits per heavy atom. The number of hydrogen-bond acceptors (Lipinski definition) is 4. The van der Waals surface area contributed by atoms with E-state index in [0.29, 0.717) is 0 Å². The molecule has 0 N–H and O–H groups in total. The molecule has 0 amide bonds. The SMILES string of the molecule is O=C=NC1CCCC(/C=C/c2ccccc2)C1N=C=O. The van der Waals surface area contributed by atoms with Crippen LogP contribution in [0.4, 0.5) is 0 Å². The quantitative estimate of drug-likeness (QED) is 0.622. The second-order valence-electron chi connectivity index (χ2n) is 4.86. The standard InChI is InChI=1S/C16H16N2O2/c19-11-17-15-8-4-7-14(16(15)18-12-20)10-9-13-5-2-1-3-6-13/h1-3,5-6,9-10,14-16H,4,7-8H2/b10-9+. The van der Waals surface area contributed by atoms with E-state index in [2.05, 4.69) is 9.98 Å². The monoisotopic (exact) mass is 268 g/mol. The van der Waals surface area contributed by atoms with Crippen molar-refractivity contribution in [3.63, 3.8) is 0 Å². The highest BCUT2D eigenvalue weighted by Gasteiger charge is 2.31. The van der Waals surface area contributed by atoms with E-state index in [4.69, 9.17) is 0 Å². The maximum atomic E-state index is 10.6. The third-order valence-corrected chi connectivity index (χ3v) is 3.63. The van der Waals surface area contributed by atoms with Crippen LogP contribution in [-0.2, 0) is 9.59 Å². The molecule has 0 saturated heterocycles. The number of rotatable bonds is 4. The first-order chi connectivity index (χ1) is 9.85. The van der Waals surface area contributed by atoms with Gasteiger partial charge in [-0.25, -0.2) is 14.6 Å². The molecule has 20 heavy (non-hydrogen) atoms. The molecule has 1 aromatic carbocycles. The smallest absolute Gasteiger partial charge is 0.211 e. The lowest BCUT2D eigenvalue weighted by molar-refractivity contribution is 0.321. The van der Waals surface area contributed by atoms with Crippen LogP contribution < -0.4 is 0 Å². The zero-order chi connectivity index (χ0) is 14.2. The summed E-state index contributed by atoms with van der Waals surface area (Å²) in [4.78, 5) is 28.7. The number of isocyanates is 2. The van der Waals surface area contributed by atoms with Crippen LogP contribution in [0.15, 0.2) is 46.4 Å². The number of aliphatic imine (C=N–C) groups is 2. The van der Waals surface area contributed by atoms with Crippen LogP contribution in [0, 0.1) is 5.92 Å². The van der Waals surface area contributed by atoms with E-state index < -0.39 is 0 Å². The summed E-state index contributed by atoms with van der Waals surface area (Å²) in [6.07, 6.45) is 9.92. The Morgan fingerprint density at radius 1 is 1.05 bits per heavy atom. The van der Waals surface area contributed by atoms with E-state index >= 15 is 0 Å². The topological polar surface area (TPSA) is 58.9 Å². The normalized spacial score (nSPS) is 25.7. The second kappa shape index (κ2) is 7.34. The summed E-state index contributed by atoms with van der Waals surface area (Å²) in [6.45, 7) is 0. The molecule has 0 aromatic heterocycles. The van der Waals surface area contributed by atoms with Crippen molar-refractivity contribution in [3.8, 4) is 0 Å². The Balaban J connectivity index is 2.17. The van der Waals surface area contributed by atoms with Gasteiger partial charge in [0.2, 0.25) is 12.2 Å². The molecule has 4 heteroatoms. The van der Waals surface area contributed by atoms with Gasteiger partial charge < -0.3 is 0 Å². The maximum Gasteiger partial charge on any atom is 0.235 e. The van der Waals surface area contributed by atoms with E-state index in [0.717, 1.165) is 24.8 Å². The summed E-state index contributed by atoms with van der Waals surface area (Å²) >= 11 is 0. The largest absolute Gasteiger partial charge is 0.235 e. The van der Waals surface area contributed by atoms with Gasteiger partial charge in [-0.3, -0.25) is 0 Å². The van der Waals surface area contributed by atoms with Gasteiger partial charge in [-0.15, -0.1) is 0 Å². The summed E-state index contributed by atoms with van der Waals surface area (Å²) in [5, 5.41) is 0. The zero-order valence-corrected chi connectivity index (χ0v) is 11.1. The molecule has 4 nitrogen and oxygen atoms in total. The summed E-state index contributed by atoms with van der Waals surface area (Å²) in [5.74, 6) is 0.104. The van der Waals surface area contributed by atoms with Crippen molar-refractivity contribution in [3.05, 3.63) is 42.0 Å². The Bertz CT molecular complexity index is 555. The van der Waals surface area contributed by atoms with Crippen LogP contribution >= 0.6 is 0 Å². The van der Waals surface area contributed by atoms with Crippen molar-refractivity contribution in [2.75, 3.05) is 0 Å². The summed E-state index contributed by atoms with van der Waals surface area (Å²) in [5.41, 5.74) is 1.10. The average Bonchev–Trinajstić information content (AvgIpc) is 2.49. The van der Waals surface area contributed by atoms with Gasteiger partial charge in [-0.1, -0.05) is 48.9 Å². The Labute approximate surface area is 117 Å². The van der Waals surface area contributed by atoms with Crippen molar-refractivity contribution >= 4 is 18.2 Å². The minimum Gasteiger partial charge on any atom is -0.211 e. The highest BCUT2D eigenvalue weighted by molar-refractivity contribution is 5.49. The van der Waals surface area contributed by atoms with Gasteiger partial charge in [0.15, 0.2) is 0 Å². The first kappa shape index (κ1) is 14.1. The van der Waals surface area contributed by atoms with Crippen LogP contribution in [0.2, 0.25) is 0 Å². The predicted molar refractivity (Wildman–Crippen MR) is 76.6 cm³/mol. The van der Waals surface area contributed by atoms with Crippen LogP contribution in [0.5, 0.6) is 0 Å². The number of carbonyl (C=O) groups excluding carboxylic acids is 2. The van der Waals surface area contributed by atoms with Crippen LogP contribution in [0.25, 0.3) is 6.08 Å². The maximum absolute atomic E-state index is 10.6. The molecule has 3 unspecified atom stereocenters. The summed E-state index contributed by atoms with van der Waals surface area (Å²) < 4.78 is 0. The molecule has 1 aliphatic carbocycles. The van der Waals surface area contributed by atoms with Crippen molar-refractivity contribution in [2.24, 2.45) is 15.9 Å². The molecule has 0 aliphatic heterocycles. The van der Waals surface area contributed by atoms with E-state index in [1.54, 1.807) is 12.2 Å².